The normalized spacial score (nSPS) is 12.7. The van der Waals surface area contributed by atoms with E-state index in [-0.39, 0.29) is 16.3 Å². The van der Waals surface area contributed by atoms with E-state index in [9.17, 15) is 14.4 Å². The maximum Gasteiger partial charge on any atom is 0.349 e. The molecule has 3 heterocycles. The van der Waals surface area contributed by atoms with Crippen molar-refractivity contribution in [3.05, 3.63) is 86.3 Å². The largest absolute Gasteiger partial charge is 0.451 e. The number of aryl methyl sites for hydroxylation is 4. The highest BCUT2D eigenvalue weighted by Crippen LogP contribution is 2.36. The average Bonchev–Trinajstić information content (AvgIpc) is 3.04. The SMILES string of the molecule is Cc1nc2sc(C(=O)OCC(=O)N3c4ccccc4CCc4ccccc43)c(C)c2c(=O)[nH]1. The molecule has 1 aliphatic heterocycles. The third kappa shape index (κ3) is 3.72. The molecule has 2 aromatic heterocycles. The summed E-state index contributed by atoms with van der Waals surface area (Å²) < 4.78 is 5.43. The molecule has 2 aromatic carbocycles. The number of benzene rings is 2. The summed E-state index contributed by atoms with van der Waals surface area (Å²) in [5, 5.41) is 0.374. The van der Waals surface area contributed by atoms with Gasteiger partial charge in [0.05, 0.1) is 16.8 Å². The van der Waals surface area contributed by atoms with Crippen LogP contribution in [-0.2, 0) is 22.4 Å². The number of H-pyrrole nitrogens is 1. The molecule has 1 aliphatic rings. The van der Waals surface area contributed by atoms with Crippen molar-refractivity contribution in [2.45, 2.75) is 26.7 Å². The fourth-order valence-corrected chi connectivity index (χ4v) is 5.37. The van der Waals surface area contributed by atoms with E-state index in [4.69, 9.17) is 4.74 Å². The Labute approximate surface area is 193 Å². The zero-order valence-electron chi connectivity index (χ0n) is 18.2. The molecule has 0 bridgehead atoms. The van der Waals surface area contributed by atoms with E-state index in [1.165, 1.54) is 0 Å². The summed E-state index contributed by atoms with van der Waals surface area (Å²) >= 11 is 1.10. The molecular formula is C25H21N3O4S. The van der Waals surface area contributed by atoms with E-state index in [1.54, 1.807) is 18.7 Å². The van der Waals surface area contributed by atoms with Crippen molar-refractivity contribution >= 4 is 44.8 Å². The smallest absolute Gasteiger partial charge is 0.349 e. The summed E-state index contributed by atoms with van der Waals surface area (Å²) in [4.78, 5) is 47.8. The number of esters is 1. The third-order valence-electron chi connectivity index (χ3n) is 5.81. The summed E-state index contributed by atoms with van der Waals surface area (Å²) in [6.07, 6.45) is 1.64. The van der Waals surface area contributed by atoms with Crippen molar-refractivity contribution in [2.24, 2.45) is 0 Å². The lowest BCUT2D eigenvalue weighted by Gasteiger charge is -2.24. The molecule has 0 fully saturated rings. The highest BCUT2D eigenvalue weighted by molar-refractivity contribution is 7.20. The van der Waals surface area contributed by atoms with Crippen molar-refractivity contribution in [1.29, 1.82) is 0 Å². The summed E-state index contributed by atoms with van der Waals surface area (Å²) in [5.41, 5.74) is 3.94. The molecular weight excluding hydrogens is 438 g/mol. The highest BCUT2D eigenvalue weighted by atomic mass is 32.1. The quantitative estimate of drug-likeness (QED) is 0.463. The molecule has 8 heteroatoms. The number of nitrogens with one attached hydrogen (secondary N) is 1. The number of hydrogen-bond donors (Lipinski definition) is 1. The van der Waals surface area contributed by atoms with Gasteiger partial charge >= 0.3 is 5.97 Å². The molecule has 0 radical (unpaired) electrons. The zero-order valence-corrected chi connectivity index (χ0v) is 19.0. The fraction of sp³-hybridized carbons (Fsp3) is 0.200. The van der Waals surface area contributed by atoms with Crippen LogP contribution in [0.1, 0.15) is 32.2 Å². The third-order valence-corrected chi connectivity index (χ3v) is 6.97. The first kappa shape index (κ1) is 21.1. The molecule has 7 nitrogen and oxygen atoms in total. The number of nitrogens with zero attached hydrogens (tertiary/aromatic N) is 2. The number of fused-ring (bicyclic) bond motifs is 3. The van der Waals surface area contributed by atoms with Gasteiger partial charge in [-0.05, 0) is 55.5 Å². The fourth-order valence-electron chi connectivity index (χ4n) is 4.25. The number of rotatable bonds is 3. The molecule has 1 N–H and O–H groups in total. The van der Waals surface area contributed by atoms with Gasteiger partial charge in [-0.15, -0.1) is 11.3 Å². The Hall–Kier alpha value is -3.78. The standard InChI is InChI=1S/C25H21N3O4S/c1-14-21-23(30)26-15(2)27-24(21)33-22(14)25(31)32-13-20(29)28-18-9-5-3-7-16(18)11-12-17-8-4-6-10-19(17)28/h3-10H,11-13H2,1-2H3,(H,26,27,30). The van der Waals surface area contributed by atoms with Crippen molar-refractivity contribution in [2.75, 3.05) is 11.5 Å². The maximum absolute atomic E-state index is 13.4. The molecule has 0 saturated heterocycles. The van der Waals surface area contributed by atoms with Crippen LogP contribution in [0.3, 0.4) is 0 Å². The second-order valence-electron chi connectivity index (χ2n) is 7.95. The molecule has 1 amide bonds. The Kier molecular flexibility index (Phi) is 5.30. The van der Waals surface area contributed by atoms with Gasteiger partial charge in [-0.3, -0.25) is 14.5 Å². The molecule has 0 aliphatic carbocycles. The first-order valence-electron chi connectivity index (χ1n) is 10.6. The molecule has 0 spiro atoms. The first-order valence-corrected chi connectivity index (χ1v) is 11.4. The molecule has 5 rings (SSSR count). The van der Waals surface area contributed by atoms with Gasteiger partial charge < -0.3 is 9.72 Å². The van der Waals surface area contributed by atoms with Crippen LogP contribution < -0.4 is 10.5 Å². The average molecular weight is 460 g/mol. The zero-order chi connectivity index (χ0) is 23.1. The maximum atomic E-state index is 13.4. The van der Waals surface area contributed by atoms with Crippen molar-refractivity contribution in [3.8, 4) is 0 Å². The lowest BCUT2D eigenvalue weighted by Crippen LogP contribution is -2.31. The summed E-state index contributed by atoms with van der Waals surface area (Å²) in [6, 6.07) is 15.6. The van der Waals surface area contributed by atoms with Crippen molar-refractivity contribution in [1.82, 2.24) is 9.97 Å². The number of aromatic nitrogens is 2. The minimum atomic E-state index is -0.641. The van der Waals surface area contributed by atoms with Gasteiger partial charge in [0.1, 0.15) is 15.5 Å². The number of carbonyl (C=O) groups is 2. The Morgan fingerprint density at radius 2 is 1.64 bits per heavy atom. The number of hydrogen-bond acceptors (Lipinski definition) is 6. The predicted molar refractivity (Wildman–Crippen MR) is 127 cm³/mol. The van der Waals surface area contributed by atoms with E-state index < -0.39 is 12.6 Å². The first-order chi connectivity index (χ1) is 15.9. The topological polar surface area (TPSA) is 92.4 Å². The van der Waals surface area contributed by atoms with Crippen LogP contribution in [0, 0.1) is 13.8 Å². The van der Waals surface area contributed by atoms with E-state index in [1.807, 2.05) is 48.5 Å². The Morgan fingerprint density at radius 1 is 1.03 bits per heavy atom. The number of anilines is 2. The minimum Gasteiger partial charge on any atom is -0.451 e. The lowest BCUT2D eigenvalue weighted by molar-refractivity contribution is -0.120. The number of carbonyl (C=O) groups excluding carboxylic acids is 2. The summed E-state index contributed by atoms with van der Waals surface area (Å²) in [5.74, 6) is -0.504. The molecule has 4 aromatic rings. The van der Waals surface area contributed by atoms with Crippen LogP contribution in [0.2, 0.25) is 0 Å². The monoisotopic (exact) mass is 459 g/mol. The Morgan fingerprint density at radius 3 is 2.27 bits per heavy atom. The number of thiophene rings is 1. The van der Waals surface area contributed by atoms with Gasteiger partial charge in [0.15, 0.2) is 6.61 Å². The highest BCUT2D eigenvalue weighted by Gasteiger charge is 2.27. The van der Waals surface area contributed by atoms with Crippen LogP contribution in [0.15, 0.2) is 53.3 Å². The summed E-state index contributed by atoms with van der Waals surface area (Å²) in [6.45, 7) is 2.95. The van der Waals surface area contributed by atoms with Crippen LogP contribution >= 0.6 is 11.3 Å². The van der Waals surface area contributed by atoms with Gasteiger partial charge in [0.2, 0.25) is 0 Å². The van der Waals surface area contributed by atoms with Gasteiger partial charge in [0, 0.05) is 0 Å². The van der Waals surface area contributed by atoms with E-state index >= 15 is 0 Å². The molecule has 0 saturated carbocycles. The van der Waals surface area contributed by atoms with Crippen LogP contribution in [-0.4, -0.2) is 28.5 Å². The van der Waals surface area contributed by atoms with Crippen LogP contribution in [0.4, 0.5) is 11.4 Å². The number of ether oxygens (including phenoxy) is 1. The van der Waals surface area contributed by atoms with Crippen molar-refractivity contribution in [3.63, 3.8) is 0 Å². The van der Waals surface area contributed by atoms with Gasteiger partial charge in [0.25, 0.3) is 11.5 Å². The van der Waals surface area contributed by atoms with E-state index in [0.29, 0.717) is 21.6 Å². The van der Waals surface area contributed by atoms with E-state index in [0.717, 1.165) is 46.7 Å². The summed E-state index contributed by atoms with van der Waals surface area (Å²) in [7, 11) is 0. The minimum absolute atomic E-state index is 0.276. The second kappa shape index (κ2) is 8.29. The second-order valence-corrected chi connectivity index (χ2v) is 8.95. The predicted octanol–water partition coefficient (Wildman–Crippen LogP) is 4.22. The molecule has 0 atom stereocenters. The number of aromatic amines is 1. The lowest BCUT2D eigenvalue weighted by atomic mass is 10.0. The van der Waals surface area contributed by atoms with Gasteiger partial charge in [-0.25, -0.2) is 9.78 Å². The Bertz CT molecular complexity index is 1420. The van der Waals surface area contributed by atoms with E-state index in [2.05, 4.69) is 9.97 Å². The van der Waals surface area contributed by atoms with Gasteiger partial charge in [-0.1, -0.05) is 36.4 Å². The van der Waals surface area contributed by atoms with Crippen LogP contribution in [0.5, 0.6) is 0 Å². The molecule has 166 valence electrons. The molecule has 33 heavy (non-hydrogen) atoms. The number of amides is 1. The molecule has 0 unspecified atom stereocenters. The number of para-hydroxylation sites is 2. The van der Waals surface area contributed by atoms with Gasteiger partial charge in [-0.2, -0.15) is 0 Å². The van der Waals surface area contributed by atoms with Crippen LogP contribution in [0.25, 0.3) is 10.2 Å². The Balaban J connectivity index is 1.44. The van der Waals surface area contributed by atoms with Crippen molar-refractivity contribution < 1.29 is 14.3 Å².